The highest BCUT2D eigenvalue weighted by atomic mass is 35.5. The normalized spacial score (nSPS) is 10.5. The fraction of sp³-hybridized carbons (Fsp3) is 0.455. The molecule has 0 aliphatic rings. The second-order valence-electron chi connectivity index (χ2n) is 3.55. The molecule has 18 heavy (non-hydrogen) atoms. The summed E-state index contributed by atoms with van der Waals surface area (Å²) >= 11 is 11.2. The Morgan fingerprint density at radius 2 is 1.83 bits per heavy atom. The van der Waals surface area contributed by atoms with Crippen LogP contribution in [-0.2, 0) is 16.0 Å². The third-order valence-corrected chi connectivity index (χ3v) is 2.94. The van der Waals surface area contributed by atoms with E-state index in [0.717, 1.165) is 6.42 Å². The summed E-state index contributed by atoms with van der Waals surface area (Å²) in [6.07, 6.45) is 1.19. The van der Waals surface area contributed by atoms with Gasteiger partial charge in [-0.05, 0) is 6.42 Å². The molecule has 100 valence electrons. The lowest BCUT2D eigenvalue weighted by Gasteiger charge is -2.08. The highest BCUT2D eigenvalue weighted by Gasteiger charge is 2.20. The van der Waals surface area contributed by atoms with Crippen molar-refractivity contribution in [1.29, 1.82) is 0 Å². The second kappa shape index (κ2) is 6.85. The van der Waals surface area contributed by atoms with Gasteiger partial charge in [0.2, 0.25) is 11.9 Å². The van der Waals surface area contributed by atoms with Crippen LogP contribution in [-0.4, -0.2) is 17.6 Å². The van der Waals surface area contributed by atoms with Crippen molar-refractivity contribution in [1.82, 2.24) is 4.98 Å². The van der Waals surface area contributed by atoms with E-state index in [-0.39, 0.29) is 12.2 Å². The Morgan fingerprint density at radius 1 is 1.28 bits per heavy atom. The number of halogens is 4. The van der Waals surface area contributed by atoms with Crippen LogP contribution in [0.5, 0.6) is 0 Å². The zero-order valence-electron chi connectivity index (χ0n) is 9.60. The maximum Gasteiger partial charge on any atom is 0.310 e. The Labute approximate surface area is 113 Å². The summed E-state index contributed by atoms with van der Waals surface area (Å²) in [5.41, 5.74) is -0.148. The Kier molecular flexibility index (Phi) is 5.75. The van der Waals surface area contributed by atoms with Crippen LogP contribution in [0.1, 0.15) is 25.3 Å². The number of ether oxygens (including phenoxy) is 1. The van der Waals surface area contributed by atoms with Gasteiger partial charge in [-0.2, -0.15) is 13.8 Å². The number of aromatic nitrogens is 1. The van der Waals surface area contributed by atoms with Gasteiger partial charge in [-0.15, -0.1) is 0 Å². The minimum atomic E-state index is -1.20. The highest BCUT2D eigenvalue weighted by molar-refractivity contribution is 6.36. The Morgan fingerprint density at radius 3 is 2.33 bits per heavy atom. The van der Waals surface area contributed by atoms with Gasteiger partial charge < -0.3 is 4.74 Å². The number of rotatable bonds is 5. The molecule has 0 radical (unpaired) electrons. The first-order chi connectivity index (χ1) is 8.47. The third kappa shape index (κ3) is 3.78. The topological polar surface area (TPSA) is 39.2 Å². The fourth-order valence-electron chi connectivity index (χ4n) is 1.21. The predicted octanol–water partition coefficient (Wildman–Crippen LogP) is 3.55. The molecule has 7 heteroatoms. The molecule has 0 saturated heterocycles. The number of carbonyl (C=O) groups is 1. The number of nitrogens with zero attached hydrogens (tertiary/aromatic N) is 1. The first-order valence-electron chi connectivity index (χ1n) is 5.31. The van der Waals surface area contributed by atoms with Crippen LogP contribution in [0, 0.1) is 11.9 Å². The van der Waals surface area contributed by atoms with Gasteiger partial charge in [0.1, 0.15) is 10.0 Å². The van der Waals surface area contributed by atoms with Gasteiger partial charge in [0.05, 0.1) is 13.0 Å². The summed E-state index contributed by atoms with van der Waals surface area (Å²) in [7, 11) is 0. The van der Waals surface area contributed by atoms with Gasteiger partial charge in [0.25, 0.3) is 0 Å². The van der Waals surface area contributed by atoms with Gasteiger partial charge in [-0.25, -0.2) is 0 Å². The van der Waals surface area contributed by atoms with Crippen molar-refractivity contribution in [2.75, 3.05) is 6.61 Å². The maximum absolute atomic E-state index is 13.1. The number of unbranched alkanes of at least 4 members (excludes halogenated alkanes) is 1. The van der Waals surface area contributed by atoms with Crippen LogP contribution < -0.4 is 0 Å². The molecule has 0 fully saturated rings. The van der Waals surface area contributed by atoms with Gasteiger partial charge in [-0.1, -0.05) is 36.5 Å². The molecule has 3 nitrogen and oxygen atoms in total. The van der Waals surface area contributed by atoms with Crippen LogP contribution >= 0.6 is 23.2 Å². The number of hydrogen-bond acceptors (Lipinski definition) is 3. The van der Waals surface area contributed by atoms with Crippen molar-refractivity contribution < 1.29 is 18.3 Å². The van der Waals surface area contributed by atoms with E-state index in [2.05, 4.69) is 4.98 Å². The lowest BCUT2D eigenvalue weighted by Crippen LogP contribution is -2.11. The molecule has 0 N–H and O–H groups in total. The zero-order valence-corrected chi connectivity index (χ0v) is 11.1. The van der Waals surface area contributed by atoms with Crippen LogP contribution in [0.3, 0.4) is 0 Å². The van der Waals surface area contributed by atoms with E-state index in [1.54, 1.807) is 0 Å². The number of hydrogen-bond donors (Lipinski definition) is 0. The minimum absolute atomic E-state index is 0.148. The van der Waals surface area contributed by atoms with E-state index in [4.69, 9.17) is 27.9 Å². The van der Waals surface area contributed by atoms with E-state index in [9.17, 15) is 13.6 Å². The van der Waals surface area contributed by atoms with Crippen molar-refractivity contribution in [3.63, 3.8) is 0 Å². The average Bonchev–Trinajstić information content (AvgIpc) is 2.32. The molecule has 1 heterocycles. The van der Waals surface area contributed by atoms with E-state index >= 15 is 0 Å². The quantitative estimate of drug-likeness (QED) is 0.474. The monoisotopic (exact) mass is 297 g/mol. The SMILES string of the molecule is CCCCOC(=O)Cc1c(Cl)c(F)nc(F)c1Cl. The predicted molar refractivity (Wildman–Crippen MR) is 63.7 cm³/mol. The van der Waals surface area contributed by atoms with Gasteiger partial charge in [0.15, 0.2) is 0 Å². The van der Waals surface area contributed by atoms with Crippen molar-refractivity contribution in [3.8, 4) is 0 Å². The van der Waals surface area contributed by atoms with E-state index in [0.29, 0.717) is 6.42 Å². The second-order valence-corrected chi connectivity index (χ2v) is 4.31. The number of carbonyl (C=O) groups excluding carboxylic acids is 1. The molecule has 0 bridgehead atoms. The van der Waals surface area contributed by atoms with Crippen molar-refractivity contribution >= 4 is 29.2 Å². The molecular weight excluding hydrogens is 287 g/mol. The van der Waals surface area contributed by atoms with Crippen LogP contribution in [0.4, 0.5) is 8.78 Å². The molecule has 0 spiro atoms. The Bertz CT molecular complexity index is 429. The molecule has 1 rings (SSSR count). The maximum atomic E-state index is 13.1. The lowest BCUT2D eigenvalue weighted by molar-refractivity contribution is -0.142. The molecule has 0 unspecified atom stereocenters. The molecule has 0 atom stereocenters. The average molecular weight is 298 g/mol. The molecular formula is C11H11Cl2F2NO2. The minimum Gasteiger partial charge on any atom is -0.465 e. The summed E-state index contributed by atoms with van der Waals surface area (Å²) in [6, 6.07) is 0. The van der Waals surface area contributed by atoms with Crippen molar-refractivity contribution in [3.05, 3.63) is 27.5 Å². The number of esters is 1. The molecule has 0 saturated carbocycles. The van der Waals surface area contributed by atoms with Crippen LogP contribution in [0.2, 0.25) is 10.0 Å². The standard InChI is InChI=1S/C11H11Cl2F2NO2/c1-2-3-4-18-7(17)5-6-8(12)10(14)16-11(15)9(6)13/h2-5H2,1H3. The summed E-state index contributed by atoms with van der Waals surface area (Å²) < 4.78 is 31.0. The third-order valence-electron chi connectivity index (χ3n) is 2.17. The first-order valence-corrected chi connectivity index (χ1v) is 6.07. The summed E-state index contributed by atoms with van der Waals surface area (Å²) in [6.45, 7) is 2.19. The molecule has 0 aromatic carbocycles. The van der Waals surface area contributed by atoms with Crippen LogP contribution in [0.25, 0.3) is 0 Å². The lowest BCUT2D eigenvalue weighted by atomic mass is 10.2. The largest absolute Gasteiger partial charge is 0.465 e. The number of pyridine rings is 1. The summed E-state index contributed by atoms with van der Waals surface area (Å²) in [5.74, 6) is -3.04. The summed E-state index contributed by atoms with van der Waals surface area (Å²) in [5, 5.41) is -0.928. The first kappa shape index (κ1) is 15.1. The van der Waals surface area contributed by atoms with E-state index in [1.807, 2.05) is 6.92 Å². The fourth-order valence-corrected chi connectivity index (χ4v) is 1.67. The molecule has 1 aromatic rings. The van der Waals surface area contributed by atoms with Gasteiger partial charge >= 0.3 is 5.97 Å². The zero-order chi connectivity index (χ0) is 13.7. The van der Waals surface area contributed by atoms with Crippen molar-refractivity contribution in [2.45, 2.75) is 26.2 Å². The van der Waals surface area contributed by atoms with Gasteiger partial charge in [0, 0.05) is 5.56 Å². The highest BCUT2D eigenvalue weighted by Crippen LogP contribution is 2.28. The summed E-state index contributed by atoms with van der Waals surface area (Å²) in [4.78, 5) is 14.3. The molecule has 0 amide bonds. The molecule has 0 aliphatic heterocycles. The van der Waals surface area contributed by atoms with Gasteiger partial charge in [-0.3, -0.25) is 4.79 Å². The van der Waals surface area contributed by atoms with Crippen molar-refractivity contribution in [2.24, 2.45) is 0 Å². The Hall–Kier alpha value is -0.940. The van der Waals surface area contributed by atoms with Crippen LogP contribution in [0.15, 0.2) is 0 Å². The van der Waals surface area contributed by atoms with E-state index < -0.39 is 34.3 Å². The Balaban J connectivity index is 2.81. The molecule has 1 aromatic heterocycles. The van der Waals surface area contributed by atoms with E-state index in [1.165, 1.54) is 0 Å². The molecule has 0 aliphatic carbocycles. The smallest absolute Gasteiger partial charge is 0.310 e.